The van der Waals surface area contributed by atoms with E-state index < -0.39 is 5.82 Å². The first-order valence-electron chi connectivity index (χ1n) is 7.94. The van der Waals surface area contributed by atoms with Crippen molar-refractivity contribution < 1.29 is 9.18 Å². The van der Waals surface area contributed by atoms with Crippen LogP contribution in [-0.2, 0) is 0 Å². The van der Waals surface area contributed by atoms with Crippen molar-refractivity contribution in [1.29, 1.82) is 0 Å². The Balaban J connectivity index is 0.00000242. The van der Waals surface area contributed by atoms with Crippen LogP contribution in [0.25, 0.3) is 0 Å². The minimum absolute atomic E-state index is 0. The summed E-state index contributed by atoms with van der Waals surface area (Å²) < 4.78 is 13.6. The molecule has 0 radical (unpaired) electrons. The summed E-state index contributed by atoms with van der Waals surface area (Å²) in [7, 11) is 0. The Bertz CT molecular complexity index is 474. The van der Waals surface area contributed by atoms with Gasteiger partial charge < -0.3 is 10.6 Å². The van der Waals surface area contributed by atoms with Gasteiger partial charge in [0.2, 0.25) is 0 Å². The van der Waals surface area contributed by atoms with Crippen LogP contribution in [0.2, 0.25) is 0 Å². The third-order valence-corrected chi connectivity index (χ3v) is 4.07. The zero-order chi connectivity index (χ0) is 15.1. The summed E-state index contributed by atoms with van der Waals surface area (Å²) in [6.07, 6.45) is 7.70. The minimum atomic E-state index is -0.463. The highest BCUT2D eigenvalue weighted by Gasteiger charge is 2.13. The van der Waals surface area contributed by atoms with Crippen LogP contribution in [0.4, 0.5) is 4.39 Å². The molecule has 1 saturated carbocycles. The van der Waals surface area contributed by atoms with Crippen LogP contribution in [0.3, 0.4) is 0 Å². The average molecular weight is 329 g/mol. The van der Waals surface area contributed by atoms with E-state index in [-0.39, 0.29) is 23.9 Å². The maximum absolute atomic E-state index is 13.6. The second kappa shape index (κ2) is 9.80. The number of benzene rings is 1. The van der Waals surface area contributed by atoms with E-state index in [1.54, 1.807) is 12.1 Å². The Morgan fingerprint density at radius 3 is 2.55 bits per heavy atom. The van der Waals surface area contributed by atoms with Crippen molar-refractivity contribution in [2.24, 2.45) is 0 Å². The number of aryl methyl sites for hydroxylation is 1. The highest BCUT2D eigenvalue weighted by molar-refractivity contribution is 5.94. The van der Waals surface area contributed by atoms with Gasteiger partial charge in [0.1, 0.15) is 5.82 Å². The first-order chi connectivity index (χ1) is 10.2. The third kappa shape index (κ3) is 5.93. The van der Waals surface area contributed by atoms with Gasteiger partial charge in [-0.2, -0.15) is 0 Å². The van der Waals surface area contributed by atoms with Crippen molar-refractivity contribution in [3.8, 4) is 0 Å². The molecular formula is C17H26ClFN2O. The molecule has 5 heteroatoms. The first kappa shape index (κ1) is 18.9. The van der Waals surface area contributed by atoms with Gasteiger partial charge in [-0.15, -0.1) is 12.4 Å². The number of amides is 1. The van der Waals surface area contributed by atoms with Crippen LogP contribution >= 0.6 is 12.4 Å². The van der Waals surface area contributed by atoms with Crippen molar-refractivity contribution >= 4 is 18.3 Å². The second-order valence-electron chi connectivity index (χ2n) is 5.88. The van der Waals surface area contributed by atoms with Gasteiger partial charge in [-0.1, -0.05) is 37.3 Å². The van der Waals surface area contributed by atoms with Gasteiger partial charge in [-0.05, 0) is 31.9 Å². The van der Waals surface area contributed by atoms with Crippen molar-refractivity contribution in [3.63, 3.8) is 0 Å². The standard InChI is InChI=1S/C17H25FN2O.ClH/c1-13-8-9-16(18)15(12-13)17(21)20-11-10-19-14-6-4-2-3-5-7-14;/h8-9,12,14,19H,2-7,10-11H2,1H3,(H,20,21);1H. The Hall–Kier alpha value is -1.13. The van der Waals surface area contributed by atoms with E-state index in [0.29, 0.717) is 12.6 Å². The molecule has 0 aromatic heterocycles. The Labute approximate surface area is 138 Å². The largest absolute Gasteiger partial charge is 0.351 e. The van der Waals surface area contributed by atoms with Crippen molar-refractivity contribution in [3.05, 3.63) is 35.1 Å². The predicted octanol–water partition coefficient (Wildman–Crippen LogP) is 3.60. The van der Waals surface area contributed by atoms with Crippen LogP contribution in [0.1, 0.15) is 54.4 Å². The lowest BCUT2D eigenvalue weighted by Gasteiger charge is -2.16. The lowest BCUT2D eigenvalue weighted by molar-refractivity contribution is 0.0949. The van der Waals surface area contributed by atoms with Gasteiger partial charge in [0.05, 0.1) is 5.56 Å². The number of carbonyl (C=O) groups excluding carboxylic acids is 1. The number of hydrogen-bond donors (Lipinski definition) is 2. The number of hydrogen-bond acceptors (Lipinski definition) is 2. The fourth-order valence-electron chi connectivity index (χ4n) is 2.84. The summed E-state index contributed by atoms with van der Waals surface area (Å²) in [4.78, 5) is 11.9. The van der Waals surface area contributed by atoms with E-state index >= 15 is 0 Å². The first-order valence-corrected chi connectivity index (χ1v) is 7.94. The van der Waals surface area contributed by atoms with E-state index in [4.69, 9.17) is 0 Å². The van der Waals surface area contributed by atoms with Gasteiger partial charge in [-0.3, -0.25) is 4.79 Å². The quantitative estimate of drug-likeness (QED) is 0.640. The summed E-state index contributed by atoms with van der Waals surface area (Å²) in [6, 6.07) is 5.16. The lowest BCUT2D eigenvalue weighted by atomic mass is 10.1. The molecule has 1 fully saturated rings. The van der Waals surface area contributed by atoms with Crippen molar-refractivity contribution in [2.45, 2.75) is 51.5 Å². The number of carbonyl (C=O) groups is 1. The Morgan fingerprint density at radius 1 is 1.18 bits per heavy atom. The lowest BCUT2D eigenvalue weighted by Crippen LogP contribution is -2.37. The highest BCUT2D eigenvalue weighted by atomic mass is 35.5. The molecule has 1 aromatic carbocycles. The van der Waals surface area contributed by atoms with Gasteiger partial charge in [-0.25, -0.2) is 4.39 Å². The SMILES string of the molecule is Cc1ccc(F)c(C(=O)NCCNC2CCCCCC2)c1.Cl. The summed E-state index contributed by atoms with van der Waals surface area (Å²) in [5, 5.41) is 6.27. The van der Waals surface area contributed by atoms with Crippen LogP contribution in [-0.4, -0.2) is 25.0 Å². The van der Waals surface area contributed by atoms with Gasteiger partial charge >= 0.3 is 0 Å². The fraction of sp³-hybridized carbons (Fsp3) is 0.588. The minimum Gasteiger partial charge on any atom is -0.351 e. The smallest absolute Gasteiger partial charge is 0.254 e. The molecular weight excluding hydrogens is 303 g/mol. The average Bonchev–Trinajstić information content (AvgIpc) is 2.74. The normalized spacial score (nSPS) is 15.7. The molecule has 0 aliphatic heterocycles. The molecule has 0 heterocycles. The number of nitrogens with one attached hydrogen (secondary N) is 2. The topological polar surface area (TPSA) is 41.1 Å². The number of halogens is 2. The summed E-state index contributed by atoms with van der Waals surface area (Å²) >= 11 is 0. The molecule has 1 amide bonds. The van der Waals surface area contributed by atoms with E-state index in [1.165, 1.54) is 44.6 Å². The van der Waals surface area contributed by atoms with Gasteiger partial charge in [0, 0.05) is 19.1 Å². The molecule has 0 bridgehead atoms. The van der Waals surface area contributed by atoms with Crippen LogP contribution in [0.5, 0.6) is 0 Å². The molecule has 0 unspecified atom stereocenters. The Kier molecular flexibility index (Phi) is 8.43. The second-order valence-corrected chi connectivity index (χ2v) is 5.88. The maximum Gasteiger partial charge on any atom is 0.254 e. The summed E-state index contributed by atoms with van der Waals surface area (Å²) in [5.74, 6) is -0.798. The molecule has 0 atom stereocenters. The van der Waals surface area contributed by atoms with Crippen LogP contribution in [0, 0.1) is 12.7 Å². The van der Waals surface area contributed by atoms with E-state index in [9.17, 15) is 9.18 Å². The monoisotopic (exact) mass is 328 g/mol. The van der Waals surface area contributed by atoms with Gasteiger partial charge in [0.15, 0.2) is 0 Å². The molecule has 2 N–H and O–H groups in total. The van der Waals surface area contributed by atoms with Crippen molar-refractivity contribution in [2.75, 3.05) is 13.1 Å². The van der Waals surface area contributed by atoms with Gasteiger partial charge in [0.25, 0.3) is 5.91 Å². The molecule has 0 saturated heterocycles. The maximum atomic E-state index is 13.6. The third-order valence-electron chi connectivity index (χ3n) is 4.07. The predicted molar refractivity (Wildman–Crippen MR) is 90.2 cm³/mol. The highest BCUT2D eigenvalue weighted by Crippen LogP contribution is 2.16. The zero-order valence-corrected chi connectivity index (χ0v) is 14.0. The van der Waals surface area contributed by atoms with E-state index in [0.717, 1.165) is 12.1 Å². The summed E-state index contributed by atoms with van der Waals surface area (Å²) in [6.45, 7) is 3.12. The molecule has 1 aliphatic rings. The molecule has 2 rings (SSSR count). The van der Waals surface area contributed by atoms with Crippen molar-refractivity contribution in [1.82, 2.24) is 10.6 Å². The fourth-order valence-corrected chi connectivity index (χ4v) is 2.84. The molecule has 1 aliphatic carbocycles. The molecule has 3 nitrogen and oxygen atoms in total. The Morgan fingerprint density at radius 2 is 1.86 bits per heavy atom. The molecule has 1 aromatic rings. The van der Waals surface area contributed by atoms with E-state index in [1.807, 2.05) is 6.92 Å². The van der Waals surface area contributed by atoms with E-state index in [2.05, 4.69) is 10.6 Å². The zero-order valence-electron chi connectivity index (χ0n) is 13.2. The van der Waals surface area contributed by atoms with Crippen LogP contribution < -0.4 is 10.6 Å². The summed E-state index contributed by atoms with van der Waals surface area (Å²) in [5.41, 5.74) is 1.02. The van der Waals surface area contributed by atoms with Crippen LogP contribution in [0.15, 0.2) is 18.2 Å². The molecule has 22 heavy (non-hydrogen) atoms. The molecule has 0 spiro atoms. The molecule has 124 valence electrons. The number of rotatable bonds is 5.